The highest BCUT2D eigenvalue weighted by atomic mass is 35.5. The molecule has 0 unspecified atom stereocenters. The van der Waals surface area contributed by atoms with Crippen molar-refractivity contribution < 1.29 is 4.79 Å². The molecule has 6 heteroatoms. The monoisotopic (exact) mass is 388 g/mol. The summed E-state index contributed by atoms with van der Waals surface area (Å²) in [5.74, 6) is -0.0695. The van der Waals surface area contributed by atoms with Gasteiger partial charge in [0.2, 0.25) is 0 Å². The van der Waals surface area contributed by atoms with Crippen LogP contribution in [0.3, 0.4) is 0 Å². The van der Waals surface area contributed by atoms with Crippen LogP contribution in [0.25, 0.3) is 16.6 Å². The average Bonchev–Trinajstić information content (AvgIpc) is 3.16. The molecule has 0 N–H and O–H groups in total. The van der Waals surface area contributed by atoms with Crippen molar-refractivity contribution in [1.29, 1.82) is 0 Å². The second kappa shape index (κ2) is 6.77. The van der Waals surface area contributed by atoms with Crippen LogP contribution in [-0.4, -0.2) is 32.1 Å². The average molecular weight is 389 g/mol. The van der Waals surface area contributed by atoms with Gasteiger partial charge in [-0.1, -0.05) is 41.9 Å². The topological polar surface area (TPSA) is 51.0 Å². The predicted octanol–water partition coefficient (Wildman–Crippen LogP) is 4.27. The maximum atomic E-state index is 13.0. The lowest BCUT2D eigenvalue weighted by molar-refractivity contribution is 0.0728. The number of carbonyl (C=O) groups excluding carboxylic acids is 1. The minimum atomic E-state index is -0.0695. The largest absolute Gasteiger partial charge is 0.332 e. The number of benzene rings is 2. The predicted molar refractivity (Wildman–Crippen MR) is 109 cm³/mol. The molecule has 1 aliphatic heterocycles. The van der Waals surface area contributed by atoms with Gasteiger partial charge in [-0.05, 0) is 30.3 Å². The van der Waals surface area contributed by atoms with Gasteiger partial charge in [0, 0.05) is 35.5 Å². The van der Waals surface area contributed by atoms with E-state index in [9.17, 15) is 4.79 Å². The SMILES string of the molecule is O=C(c1ccc2ccc(Cl)cc2n1)N1CCc2c(cnn2-c2ccccc2)C1. The molecule has 2 aromatic carbocycles. The number of pyridine rings is 1. The molecule has 1 amide bonds. The first kappa shape index (κ1) is 17.0. The molecule has 5 nitrogen and oxygen atoms in total. The molecule has 2 aromatic heterocycles. The highest BCUT2D eigenvalue weighted by Gasteiger charge is 2.26. The molecule has 28 heavy (non-hydrogen) atoms. The van der Waals surface area contributed by atoms with Gasteiger partial charge in [-0.15, -0.1) is 0 Å². The minimum Gasteiger partial charge on any atom is -0.332 e. The second-order valence-electron chi connectivity index (χ2n) is 6.87. The standard InChI is InChI=1S/C22H17ClN4O/c23-17-8-6-15-7-9-19(25-20(15)12-17)22(28)26-11-10-21-16(14-26)13-24-27(21)18-4-2-1-3-5-18/h1-9,12-13H,10-11,14H2. The molecular weight excluding hydrogens is 372 g/mol. The van der Waals surface area contributed by atoms with E-state index in [4.69, 9.17) is 11.6 Å². The van der Waals surface area contributed by atoms with Gasteiger partial charge in [0.1, 0.15) is 5.69 Å². The fourth-order valence-corrected chi connectivity index (χ4v) is 3.83. The van der Waals surface area contributed by atoms with Gasteiger partial charge in [0.05, 0.1) is 23.1 Å². The number of rotatable bonds is 2. The Morgan fingerprint density at radius 2 is 1.86 bits per heavy atom. The van der Waals surface area contributed by atoms with Gasteiger partial charge in [0.15, 0.2) is 0 Å². The number of nitrogens with zero attached hydrogens (tertiary/aromatic N) is 4. The molecule has 0 saturated carbocycles. The molecule has 0 fully saturated rings. The lowest BCUT2D eigenvalue weighted by Crippen LogP contribution is -2.36. The molecule has 1 aliphatic rings. The van der Waals surface area contributed by atoms with Crippen molar-refractivity contribution in [2.24, 2.45) is 0 Å². The Balaban J connectivity index is 1.42. The number of halogens is 1. The molecule has 0 bridgehead atoms. The van der Waals surface area contributed by atoms with Crippen LogP contribution in [-0.2, 0) is 13.0 Å². The molecule has 0 saturated heterocycles. The van der Waals surface area contributed by atoms with E-state index in [1.807, 2.05) is 64.3 Å². The van der Waals surface area contributed by atoms with Crippen LogP contribution in [0.15, 0.2) is 66.9 Å². The normalized spacial score (nSPS) is 13.5. The van der Waals surface area contributed by atoms with Crippen LogP contribution in [0.1, 0.15) is 21.7 Å². The molecule has 5 rings (SSSR count). The Labute approximate surface area is 167 Å². The Morgan fingerprint density at radius 3 is 2.71 bits per heavy atom. The van der Waals surface area contributed by atoms with Crippen LogP contribution < -0.4 is 0 Å². The Kier molecular flexibility index (Phi) is 4.10. The first-order valence-electron chi connectivity index (χ1n) is 9.16. The van der Waals surface area contributed by atoms with E-state index >= 15 is 0 Å². The summed E-state index contributed by atoms with van der Waals surface area (Å²) in [6, 6.07) is 19.3. The molecule has 4 aromatic rings. The van der Waals surface area contributed by atoms with Gasteiger partial charge >= 0.3 is 0 Å². The van der Waals surface area contributed by atoms with Crippen LogP contribution in [0.2, 0.25) is 5.02 Å². The van der Waals surface area contributed by atoms with E-state index in [2.05, 4.69) is 10.1 Å². The molecule has 0 radical (unpaired) electrons. The number of amides is 1. The molecule has 0 spiro atoms. The summed E-state index contributed by atoms with van der Waals surface area (Å²) in [5.41, 5.74) is 4.44. The smallest absolute Gasteiger partial charge is 0.272 e. The fourth-order valence-electron chi connectivity index (χ4n) is 3.67. The summed E-state index contributed by atoms with van der Waals surface area (Å²) in [4.78, 5) is 19.4. The van der Waals surface area contributed by atoms with Crippen molar-refractivity contribution in [2.45, 2.75) is 13.0 Å². The zero-order chi connectivity index (χ0) is 19.1. The molecule has 0 aliphatic carbocycles. The van der Waals surface area contributed by atoms with Crippen LogP contribution >= 0.6 is 11.6 Å². The number of aromatic nitrogens is 3. The maximum absolute atomic E-state index is 13.0. The van der Waals surface area contributed by atoms with E-state index in [0.29, 0.717) is 23.8 Å². The quantitative estimate of drug-likeness (QED) is 0.515. The van der Waals surface area contributed by atoms with E-state index in [0.717, 1.165) is 34.3 Å². The van der Waals surface area contributed by atoms with Gasteiger partial charge < -0.3 is 4.90 Å². The number of hydrogen-bond acceptors (Lipinski definition) is 3. The van der Waals surface area contributed by atoms with E-state index in [-0.39, 0.29) is 5.91 Å². The van der Waals surface area contributed by atoms with Crippen LogP contribution in [0, 0.1) is 0 Å². The molecule has 0 atom stereocenters. The summed E-state index contributed by atoms with van der Waals surface area (Å²) in [7, 11) is 0. The van der Waals surface area contributed by atoms with Crippen molar-refractivity contribution >= 4 is 28.4 Å². The Hall–Kier alpha value is -3.18. The summed E-state index contributed by atoms with van der Waals surface area (Å²) in [5, 5.41) is 6.11. The van der Waals surface area contributed by atoms with Crippen LogP contribution in [0.5, 0.6) is 0 Å². The van der Waals surface area contributed by atoms with Gasteiger partial charge in [-0.2, -0.15) is 5.10 Å². The van der Waals surface area contributed by atoms with Gasteiger partial charge in [-0.25, -0.2) is 9.67 Å². The summed E-state index contributed by atoms with van der Waals surface area (Å²) in [6.45, 7) is 1.18. The first-order valence-corrected chi connectivity index (χ1v) is 9.53. The third kappa shape index (κ3) is 2.94. The van der Waals surface area contributed by atoms with Crippen molar-refractivity contribution in [2.75, 3.05) is 6.54 Å². The van der Waals surface area contributed by atoms with Crippen molar-refractivity contribution in [3.8, 4) is 5.69 Å². The molecule has 3 heterocycles. The zero-order valence-corrected chi connectivity index (χ0v) is 15.8. The maximum Gasteiger partial charge on any atom is 0.272 e. The first-order chi connectivity index (χ1) is 13.7. The highest BCUT2D eigenvalue weighted by molar-refractivity contribution is 6.31. The Morgan fingerprint density at radius 1 is 1.04 bits per heavy atom. The lowest BCUT2D eigenvalue weighted by atomic mass is 10.1. The van der Waals surface area contributed by atoms with Crippen LogP contribution in [0.4, 0.5) is 0 Å². The summed E-state index contributed by atoms with van der Waals surface area (Å²) >= 11 is 6.06. The Bertz CT molecular complexity index is 1190. The number of fused-ring (bicyclic) bond motifs is 2. The lowest BCUT2D eigenvalue weighted by Gasteiger charge is -2.27. The number of para-hydroxylation sites is 1. The third-order valence-electron chi connectivity index (χ3n) is 5.10. The van der Waals surface area contributed by atoms with Crippen molar-refractivity contribution in [3.05, 3.63) is 88.8 Å². The number of hydrogen-bond donors (Lipinski definition) is 0. The number of carbonyl (C=O) groups is 1. The fraction of sp³-hybridized carbons (Fsp3) is 0.136. The van der Waals surface area contributed by atoms with E-state index in [1.54, 1.807) is 12.1 Å². The van der Waals surface area contributed by atoms with E-state index < -0.39 is 0 Å². The van der Waals surface area contributed by atoms with E-state index in [1.165, 1.54) is 0 Å². The summed E-state index contributed by atoms with van der Waals surface area (Å²) < 4.78 is 1.97. The van der Waals surface area contributed by atoms with Crippen molar-refractivity contribution in [1.82, 2.24) is 19.7 Å². The van der Waals surface area contributed by atoms with Gasteiger partial charge in [0.25, 0.3) is 5.91 Å². The zero-order valence-electron chi connectivity index (χ0n) is 15.0. The second-order valence-corrected chi connectivity index (χ2v) is 7.31. The third-order valence-corrected chi connectivity index (χ3v) is 5.33. The highest BCUT2D eigenvalue weighted by Crippen LogP contribution is 2.24. The molecular formula is C22H17ClN4O. The van der Waals surface area contributed by atoms with Gasteiger partial charge in [-0.3, -0.25) is 4.79 Å². The molecule has 138 valence electrons. The minimum absolute atomic E-state index is 0.0695. The van der Waals surface area contributed by atoms with Crippen molar-refractivity contribution in [3.63, 3.8) is 0 Å². The summed E-state index contributed by atoms with van der Waals surface area (Å²) in [6.07, 6.45) is 2.62.